The Hall–Kier alpha value is -3.29. The Kier molecular flexibility index (Phi) is 8.51. The Morgan fingerprint density at radius 3 is 1.39 bits per heavy atom. The average molecular weight is 481 g/mol. The third-order valence-electron chi connectivity index (χ3n) is 4.38. The lowest BCUT2D eigenvalue weighted by molar-refractivity contribution is 0.357. The predicted molar refractivity (Wildman–Crippen MR) is 137 cm³/mol. The van der Waals surface area contributed by atoms with Gasteiger partial charge in [0.2, 0.25) is 11.8 Å². The molecule has 6 nitrogen and oxygen atoms in total. The van der Waals surface area contributed by atoms with E-state index in [1.807, 2.05) is 119 Å². The van der Waals surface area contributed by atoms with Gasteiger partial charge in [0.15, 0.2) is 0 Å². The molecule has 0 bridgehead atoms. The topological polar surface area (TPSA) is 49.7 Å². The molecule has 0 fully saturated rings. The van der Waals surface area contributed by atoms with Crippen molar-refractivity contribution in [3.8, 4) is 0 Å². The van der Waals surface area contributed by atoms with Gasteiger partial charge in [-0.3, -0.25) is 10.0 Å². The summed E-state index contributed by atoms with van der Waals surface area (Å²) in [4.78, 5) is 0. The van der Waals surface area contributed by atoms with Gasteiger partial charge in [-0.1, -0.05) is 77.8 Å². The Labute approximate surface area is 201 Å². The normalized spacial score (nSPS) is 12.3. The largest absolute Gasteiger partial charge is 0.575 e. The van der Waals surface area contributed by atoms with E-state index in [2.05, 4.69) is 10.2 Å². The Balaban J connectivity index is 2.03. The van der Waals surface area contributed by atoms with Crippen LogP contribution in [0.1, 0.15) is 16.7 Å². The van der Waals surface area contributed by atoms with Gasteiger partial charge in [0, 0.05) is 39.3 Å². The van der Waals surface area contributed by atoms with E-state index in [4.69, 9.17) is 19.9 Å². The molecule has 0 aliphatic rings. The predicted octanol–water partition coefficient (Wildman–Crippen LogP) is 4.83. The van der Waals surface area contributed by atoms with Crippen molar-refractivity contribution in [3.05, 3.63) is 108 Å². The maximum atomic E-state index is 7.23. The molecule has 0 radical (unpaired) electrons. The van der Waals surface area contributed by atoms with Crippen LogP contribution in [-0.2, 0) is 14.9 Å². The van der Waals surface area contributed by atoms with Gasteiger partial charge < -0.3 is 8.85 Å². The summed E-state index contributed by atoms with van der Waals surface area (Å²) in [5.74, 6) is 0.797. The minimum absolute atomic E-state index is 0.397. The minimum atomic E-state index is -3.46. The van der Waals surface area contributed by atoms with Crippen LogP contribution in [0.3, 0.4) is 0 Å². The maximum absolute atomic E-state index is 7.23. The molecule has 0 aliphatic heterocycles. The molecule has 8 heteroatoms. The van der Waals surface area contributed by atoms with Crippen LogP contribution in [0.15, 0.2) is 101 Å². The number of benzene rings is 3. The molecular weight excluding hydrogens is 452 g/mol. The first-order chi connectivity index (χ1) is 15.8. The van der Waals surface area contributed by atoms with Gasteiger partial charge >= 0.3 is 7.87 Å². The van der Waals surface area contributed by atoms with Crippen LogP contribution in [0.25, 0.3) is 0 Å². The standard InChI is InChI=1S/C25H29ClN4O2Si/c1-29(2)27-24(22-16-10-6-11-17-22)31-33(26,20-21-14-8-5-9-15-21)32-25(28-30(3)4)23-18-12-7-13-19-23/h5-19H,20H2,1-4H3/b27-24+,28-25+. The van der Waals surface area contributed by atoms with E-state index in [1.54, 1.807) is 10.0 Å². The van der Waals surface area contributed by atoms with Crippen molar-refractivity contribution >= 4 is 30.7 Å². The zero-order valence-corrected chi connectivity index (χ0v) is 21.1. The van der Waals surface area contributed by atoms with Gasteiger partial charge in [-0.15, -0.1) is 10.2 Å². The van der Waals surface area contributed by atoms with E-state index >= 15 is 0 Å². The van der Waals surface area contributed by atoms with E-state index in [-0.39, 0.29) is 0 Å². The maximum Gasteiger partial charge on any atom is 0.575 e. The summed E-state index contributed by atoms with van der Waals surface area (Å²) in [6, 6.07) is 29.7. The Morgan fingerprint density at radius 1 is 0.667 bits per heavy atom. The first-order valence-electron chi connectivity index (χ1n) is 10.6. The molecule has 0 spiro atoms. The second kappa shape index (κ2) is 11.5. The first kappa shape index (κ1) is 24.4. The molecule has 3 aromatic carbocycles. The monoisotopic (exact) mass is 480 g/mol. The van der Waals surface area contributed by atoms with Crippen LogP contribution < -0.4 is 0 Å². The molecule has 33 heavy (non-hydrogen) atoms. The molecule has 172 valence electrons. The quantitative estimate of drug-likeness (QED) is 0.152. The molecular formula is C25H29ClN4O2Si. The highest BCUT2D eigenvalue weighted by Crippen LogP contribution is 2.24. The van der Waals surface area contributed by atoms with E-state index in [1.165, 1.54) is 0 Å². The summed E-state index contributed by atoms with van der Waals surface area (Å²) in [5.41, 5.74) is 2.63. The van der Waals surface area contributed by atoms with Gasteiger partial charge in [-0.25, -0.2) is 0 Å². The second-order valence-corrected chi connectivity index (χ2v) is 11.6. The summed E-state index contributed by atoms with van der Waals surface area (Å²) in [7, 11) is 3.89. The average Bonchev–Trinajstić information content (AvgIpc) is 2.79. The fraction of sp³-hybridized carbons (Fsp3) is 0.200. The third-order valence-corrected chi connectivity index (χ3v) is 7.07. The number of rotatable bonds is 8. The van der Waals surface area contributed by atoms with Crippen LogP contribution in [0.2, 0.25) is 0 Å². The number of hydrogen-bond acceptors (Lipinski definition) is 6. The van der Waals surface area contributed by atoms with Gasteiger partial charge in [0.05, 0.1) is 6.04 Å². The van der Waals surface area contributed by atoms with Crippen molar-refractivity contribution in [1.82, 2.24) is 10.0 Å². The molecule has 3 aromatic rings. The Bertz CT molecular complexity index is 998. The minimum Gasteiger partial charge on any atom is -0.485 e. The first-order valence-corrected chi connectivity index (χ1v) is 13.6. The molecule has 0 saturated heterocycles. The summed E-state index contributed by atoms with van der Waals surface area (Å²) in [6.45, 7) is 0. The highest BCUT2D eigenvalue weighted by molar-refractivity contribution is 7.13. The van der Waals surface area contributed by atoms with Crippen molar-refractivity contribution in [2.24, 2.45) is 10.2 Å². The number of halogens is 1. The molecule has 0 heterocycles. The van der Waals surface area contributed by atoms with Crippen LogP contribution in [0.5, 0.6) is 0 Å². The van der Waals surface area contributed by atoms with Crippen molar-refractivity contribution < 1.29 is 8.85 Å². The zero-order valence-electron chi connectivity index (χ0n) is 19.4. The summed E-state index contributed by atoms with van der Waals surface area (Å²) < 4.78 is 12.9. The fourth-order valence-electron chi connectivity index (χ4n) is 3.02. The van der Waals surface area contributed by atoms with Crippen LogP contribution in [0.4, 0.5) is 0 Å². The number of hydrazone groups is 2. The fourth-order valence-corrected chi connectivity index (χ4v) is 5.73. The van der Waals surface area contributed by atoms with Crippen molar-refractivity contribution in [2.75, 3.05) is 28.2 Å². The van der Waals surface area contributed by atoms with Crippen LogP contribution in [0, 0.1) is 0 Å². The van der Waals surface area contributed by atoms with E-state index < -0.39 is 7.87 Å². The molecule has 0 unspecified atom stereocenters. The highest BCUT2D eigenvalue weighted by atomic mass is 35.6. The second-order valence-electron chi connectivity index (χ2n) is 7.76. The van der Waals surface area contributed by atoms with Crippen molar-refractivity contribution in [1.29, 1.82) is 0 Å². The van der Waals surface area contributed by atoms with Crippen LogP contribution in [-0.4, -0.2) is 57.9 Å². The lowest BCUT2D eigenvalue weighted by Gasteiger charge is -2.28. The van der Waals surface area contributed by atoms with Crippen molar-refractivity contribution in [3.63, 3.8) is 0 Å². The molecule has 0 amide bonds. The third kappa shape index (κ3) is 7.66. The smallest absolute Gasteiger partial charge is 0.485 e. The number of nitrogens with zero attached hydrogens (tertiary/aromatic N) is 4. The lowest BCUT2D eigenvalue weighted by atomic mass is 10.2. The molecule has 0 atom stereocenters. The van der Waals surface area contributed by atoms with Gasteiger partial charge in [-0.05, 0) is 29.8 Å². The SMILES string of the molecule is CN(C)/N=C(/O[Si](Cl)(Cc1ccccc1)O/C(=N/N(C)C)c1ccccc1)c1ccccc1. The molecule has 0 saturated carbocycles. The van der Waals surface area contributed by atoms with E-state index in [9.17, 15) is 0 Å². The summed E-state index contributed by atoms with van der Waals surface area (Å²) in [5, 5.41) is 12.5. The molecule has 3 rings (SSSR count). The molecule has 0 aromatic heterocycles. The summed E-state index contributed by atoms with van der Waals surface area (Å²) >= 11 is 7.23. The summed E-state index contributed by atoms with van der Waals surface area (Å²) in [6.07, 6.45) is 0. The van der Waals surface area contributed by atoms with Gasteiger partial charge in [0.1, 0.15) is 0 Å². The highest BCUT2D eigenvalue weighted by Gasteiger charge is 2.44. The molecule has 0 N–H and O–H groups in total. The Morgan fingerprint density at radius 2 is 1.03 bits per heavy atom. The van der Waals surface area contributed by atoms with Crippen molar-refractivity contribution in [2.45, 2.75) is 6.04 Å². The zero-order chi connectivity index (χ0) is 23.7. The molecule has 0 aliphatic carbocycles. The van der Waals surface area contributed by atoms with Crippen LogP contribution >= 0.6 is 11.1 Å². The lowest BCUT2D eigenvalue weighted by Crippen LogP contribution is -2.44. The van der Waals surface area contributed by atoms with E-state index in [0.29, 0.717) is 17.8 Å². The van der Waals surface area contributed by atoms with Gasteiger partial charge in [0.25, 0.3) is 0 Å². The number of hydrogen-bond donors (Lipinski definition) is 0. The van der Waals surface area contributed by atoms with Gasteiger partial charge in [-0.2, -0.15) is 0 Å². The van der Waals surface area contributed by atoms with E-state index in [0.717, 1.165) is 16.7 Å².